The molecule has 7 heteroatoms. The second kappa shape index (κ2) is 6.53. The Bertz CT molecular complexity index is 448. The lowest BCUT2D eigenvalue weighted by molar-refractivity contribution is -0.393. The van der Waals surface area contributed by atoms with Crippen LogP contribution in [0.5, 0.6) is 0 Å². The maximum absolute atomic E-state index is 10.8. The molecule has 1 aromatic rings. The fraction of sp³-hybridized carbons (Fsp3) is 0.455. The lowest BCUT2D eigenvalue weighted by Crippen LogP contribution is -2.04. The van der Waals surface area contributed by atoms with Crippen molar-refractivity contribution in [3.63, 3.8) is 0 Å². The van der Waals surface area contributed by atoms with E-state index < -0.39 is 9.85 Å². The number of anilines is 1. The monoisotopic (exact) mass is 253 g/mol. The van der Waals surface area contributed by atoms with Crippen LogP contribution >= 0.6 is 0 Å². The number of nitrogens with zero attached hydrogens (tertiary/aromatic N) is 2. The summed E-state index contributed by atoms with van der Waals surface area (Å²) in [5.41, 5.74) is -0.219. The molecule has 0 saturated carbocycles. The Kier molecular flexibility index (Phi) is 5.04. The van der Waals surface area contributed by atoms with Crippen molar-refractivity contribution in [2.24, 2.45) is 0 Å². The Morgan fingerprint density at radius 2 is 1.89 bits per heavy atom. The standard InChI is InChI=1S/C11H15N3O4/c1-2-3-4-7-12-10-6-5-9(13(15)16)8-11(10)14(17)18/h5-6,8,12H,2-4,7H2,1H3. The Labute approximate surface area is 104 Å². The van der Waals surface area contributed by atoms with Crippen molar-refractivity contribution in [1.29, 1.82) is 0 Å². The minimum Gasteiger partial charge on any atom is -0.379 e. The summed E-state index contributed by atoms with van der Waals surface area (Å²) in [5, 5.41) is 24.3. The molecule has 7 nitrogen and oxygen atoms in total. The van der Waals surface area contributed by atoms with Crippen molar-refractivity contribution < 1.29 is 9.85 Å². The smallest absolute Gasteiger partial charge is 0.299 e. The summed E-state index contributed by atoms with van der Waals surface area (Å²) < 4.78 is 0. The van der Waals surface area contributed by atoms with Crippen LogP contribution in [0.15, 0.2) is 18.2 Å². The van der Waals surface area contributed by atoms with Gasteiger partial charge in [-0.1, -0.05) is 19.8 Å². The summed E-state index contributed by atoms with van der Waals surface area (Å²) in [6.07, 6.45) is 3.00. The molecule has 0 radical (unpaired) electrons. The fourth-order valence-electron chi connectivity index (χ4n) is 1.53. The first kappa shape index (κ1) is 13.9. The Balaban J connectivity index is 2.83. The van der Waals surface area contributed by atoms with Crippen molar-refractivity contribution in [1.82, 2.24) is 0 Å². The number of hydrogen-bond donors (Lipinski definition) is 1. The van der Waals surface area contributed by atoms with Gasteiger partial charge in [0.1, 0.15) is 5.69 Å². The van der Waals surface area contributed by atoms with Gasteiger partial charge in [-0.15, -0.1) is 0 Å². The first-order valence-electron chi connectivity index (χ1n) is 5.73. The Morgan fingerprint density at radius 3 is 2.44 bits per heavy atom. The molecule has 0 heterocycles. The van der Waals surface area contributed by atoms with Crippen LogP contribution in [0.25, 0.3) is 0 Å². The number of hydrogen-bond acceptors (Lipinski definition) is 5. The average molecular weight is 253 g/mol. The van der Waals surface area contributed by atoms with Crippen molar-refractivity contribution in [2.75, 3.05) is 11.9 Å². The lowest BCUT2D eigenvalue weighted by Gasteiger charge is -2.06. The van der Waals surface area contributed by atoms with Gasteiger partial charge < -0.3 is 5.32 Å². The van der Waals surface area contributed by atoms with E-state index in [0.29, 0.717) is 12.2 Å². The van der Waals surface area contributed by atoms with Gasteiger partial charge in [0.15, 0.2) is 0 Å². The molecule has 1 rings (SSSR count). The number of nitro groups is 2. The normalized spacial score (nSPS) is 10.1. The molecular formula is C11H15N3O4. The van der Waals surface area contributed by atoms with E-state index in [0.717, 1.165) is 25.3 Å². The van der Waals surface area contributed by atoms with Gasteiger partial charge in [0.2, 0.25) is 0 Å². The maximum Gasteiger partial charge on any atom is 0.299 e. The highest BCUT2D eigenvalue weighted by Crippen LogP contribution is 2.28. The molecular weight excluding hydrogens is 238 g/mol. The van der Waals surface area contributed by atoms with Crippen LogP contribution in [0.4, 0.5) is 17.1 Å². The zero-order chi connectivity index (χ0) is 13.5. The average Bonchev–Trinajstić information content (AvgIpc) is 2.34. The number of nitro benzene ring substituents is 2. The Hall–Kier alpha value is -2.18. The molecule has 98 valence electrons. The predicted molar refractivity (Wildman–Crippen MR) is 67.8 cm³/mol. The zero-order valence-corrected chi connectivity index (χ0v) is 10.1. The molecule has 0 bridgehead atoms. The highest BCUT2D eigenvalue weighted by atomic mass is 16.6. The van der Waals surface area contributed by atoms with Gasteiger partial charge in [0.25, 0.3) is 11.4 Å². The van der Waals surface area contributed by atoms with E-state index in [1.165, 1.54) is 12.1 Å². The fourth-order valence-corrected chi connectivity index (χ4v) is 1.53. The molecule has 0 amide bonds. The molecule has 0 spiro atoms. The molecule has 0 aromatic heterocycles. The van der Waals surface area contributed by atoms with Crippen LogP contribution in [0.3, 0.4) is 0 Å². The van der Waals surface area contributed by atoms with E-state index in [4.69, 9.17) is 0 Å². The molecule has 1 N–H and O–H groups in total. The van der Waals surface area contributed by atoms with E-state index in [-0.39, 0.29) is 11.4 Å². The van der Waals surface area contributed by atoms with E-state index in [1.807, 2.05) is 0 Å². The quantitative estimate of drug-likeness (QED) is 0.457. The van der Waals surface area contributed by atoms with Gasteiger partial charge >= 0.3 is 0 Å². The minimum atomic E-state index is -0.645. The highest BCUT2D eigenvalue weighted by Gasteiger charge is 2.18. The SMILES string of the molecule is CCCCCNc1ccc([N+](=O)[O-])cc1[N+](=O)[O-]. The number of unbranched alkanes of at least 4 members (excludes halogenated alkanes) is 2. The number of benzene rings is 1. The number of nitrogens with one attached hydrogen (secondary N) is 1. The van der Waals surface area contributed by atoms with Crippen molar-refractivity contribution in [2.45, 2.75) is 26.2 Å². The first-order chi connectivity index (χ1) is 8.56. The highest BCUT2D eigenvalue weighted by molar-refractivity contribution is 5.65. The van der Waals surface area contributed by atoms with E-state index in [2.05, 4.69) is 12.2 Å². The van der Waals surface area contributed by atoms with Crippen LogP contribution in [-0.4, -0.2) is 16.4 Å². The zero-order valence-electron chi connectivity index (χ0n) is 10.1. The van der Waals surface area contributed by atoms with Crippen molar-refractivity contribution >= 4 is 17.1 Å². The summed E-state index contributed by atoms with van der Waals surface area (Å²) in [6, 6.07) is 3.61. The molecule has 18 heavy (non-hydrogen) atoms. The molecule has 0 aliphatic heterocycles. The third-order valence-electron chi connectivity index (χ3n) is 2.48. The summed E-state index contributed by atoms with van der Waals surface area (Å²) >= 11 is 0. The summed E-state index contributed by atoms with van der Waals surface area (Å²) in [6.45, 7) is 2.68. The predicted octanol–water partition coefficient (Wildman–Crippen LogP) is 3.11. The van der Waals surface area contributed by atoms with Crippen molar-refractivity contribution in [3.05, 3.63) is 38.4 Å². The third-order valence-corrected chi connectivity index (χ3v) is 2.48. The van der Waals surface area contributed by atoms with Gasteiger partial charge in [-0.2, -0.15) is 0 Å². The van der Waals surface area contributed by atoms with Crippen LogP contribution in [-0.2, 0) is 0 Å². The van der Waals surface area contributed by atoms with Crippen molar-refractivity contribution in [3.8, 4) is 0 Å². The minimum absolute atomic E-state index is 0.263. The van der Waals surface area contributed by atoms with Crippen LogP contribution in [0, 0.1) is 20.2 Å². The summed E-state index contributed by atoms with van der Waals surface area (Å²) in [7, 11) is 0. The van der Waals surface area contributed by atoms with Gasteiger partial charge in [-0.05, 0) is 12.5 Å². The largest absolute Gasteiger partial charge is 0.379 e. The summed E-state index contributed by atoms with van der Waals surface area (Å²) in [5.74, 6) is 0. The molecule has 0 fully saturated rings. The number of non-ortho nitro benzene ring substituents is 1. The van der Waals surface area contributed by atoms with Gasteiger partial charge in [0, 0.05) is 12.6 Å². The Morgan fingerprint density at radius 1 is 1.17 bits per heavy atom. The van der Waals surface area contributed by atoms with Crippen LogP contribution < -0.4 is 5.32 Å². The molecule has 1 aromatic carbocycles. The molecule has 0 atom stereocenters. The lowest BCUT2D eigenvalue weighted by atomic mass is 10.2. The van der Waals surface area contributed by atoms with Gasteiger partial charge in [-0.25, -0.2) is 0 Å². The molecule has 0 aliphatic carbocycles. The van der Waals surface area contributed by atoms with E-state index in [1.54, 1.807) is 0 Å². The topological polar surface area (TPSA) is 98.3 Å². The summed E-state index contributed by atoms with van der Waals surface area (Å²) in [4.78, 5) is 20.1. The van der Waals surface area contributed by atoms with Gasteiger partial charge in [0.05, 0.1) is 15.9 Å². The van der Waals surface area contributed by atoms with Crippen LogP contribution in [0.1, 0.15) is 26.2 Å². The van der Waals surface area contributed by atoms with Crippen LogP contribution in [0.2, 0.25) is 0 Å². The third kappa shape index (κ3) is 3.69. The van der Waals surface area contributed by atoms with E-state index >= 15 is 0 Å². The second-order valence-corrected chi connectivity index (χ2v) is 3.85. The molecule has 0 aliphatic rings. The maximum atomic E-state index is 10.8. The van der Waals surface area contributed by atoms with Gasteiger partial charge in [-0.3, -0.25) is 20.2 Å². The second-order valence-electron chi connectivity index (χ2n) is 3.85. The molecule has 0 saturated heterocycles. The molecule has 0 unspecified atom stereocenters. The first-order valence-corrected chi connectivity index (χ1v) is 5.73. The number of rotatable bonds is 7. The van der Waals surface area contributed by atoms with E-state index in [9.17, 15) is 20.2 Å².